The third-order valence-corrected chi connectivity index (χ3v) is 5.00. The van der Waals surface area contributed by atoms with Gasteiger partial charge >= 0.3 is 6.18 Å². The number of anilines is 1. The number of morpholine rings is 1. The number of aliphatic hydroxyl groups is 1. The Labute approximate surface area is 159 Å². The van der Waals surface area contributed by atoms with Crippen molar-refractivity contribution in [1.29, 1.82) is 5.26 Å². The van der Waals surface area contributed by atoms with Crippen LogP contribution in [0.3, 0.4) is 0 Å². The first-order valence-corrected chi connectivity index (χ1v) is 8.86. The Balaban J connectivity index is 1.65. The van der Waals surface area contributed by atoms with Gasteiger partial charge in [-0.2, -0.15) is 18.4 Å². The first-order chi connectivity index (χ1) is 13.3. The van der Waals surface area contributed by atoms with Crippen molar-refractivity contribution < 1.29 is 23.0 Å². The van der Waals surface area contributed by atoms with Gasteiger partial charge in [0.2, 0.25) is 0 Å². The molecule has 2 fully saturated rings. The Morgan fingerprint density at radius 1 is 1.14 bits per heavy atom. The molecule has 0 saturated carbocycles. The largest absolute Gasteiger partial charge is 0.416 e. The van der Waals surface area contributed by atoms with Gasteiger partial charge in [0.05, 0.1) is 30.0 Å². The van der Waals surface area contributed by atoms with Crippen LogP contribution in [0.5, 0.6) is 0 Å². The molecule has 10 heteroatoms. The minimum atomic E-state index is -4.50. The molecule has 2 aliphatic heterocycles. The van der Waals surface area contributed by atoms with Crippen LogP contribution in [0.2, 0.25) is 0 Å². The number of likely N-dealkylation sites (tertiary alicyclic amines) is 1. The SMILES string of the molecule is N#Cc1ccc(N2CC(CN3CC(O)C3)OC(C(F)(F)F)C2)c2nccnc12. The second-order valence-electron chi connectivity index (χ2n) is 7.06. The average Bonchev–Trinajstić information content (AvgIpc) is 2.65. The normalized spacial score (nSPS) is 24.2. The second kappa shape index (κ2) is 7.16. The van der Waals surface area contributed by atoms with Gasteiger partial charge in [0.1, 0.15) is 17.1 Å². The highest BCUT2D eigenvalue weighted by Crippen LogP contribution is 2.33. The topological polar surface area (TPSA) is 85.5 Å². The zero-order valence-electron chi connectivity index (χ0n) is 14.8. The molecule has 148 valence electrons. The van der Waals surface area contributed by atoms with E-state index < -0.39 is 24.5 Å². The van der Waals surface area contributed by atoms with Crippen LogP contribution in [0.15, 0.2) is 24.5 Å². The Hall–Kier alpha value is -2.48. The molecule has 1 aromatic heterocycles. The summed E-state index contributed by atoms with van der Waals surface area (Å²) in [4.78, 5) is 11.9. The van der Waals surface area contributed by atoms with Crippen LogP contribution in [0.25, 0.3) is 11.0 Å². The fourth-order valence-electron chi connectivity index (χ4n) is 3.68. The summed E-state index contributed by atoms with van der Waals surface area (Å²) in [5, 5.41) is 18.7. The van der Waals surface area contributed by atoms with Crippen LogP contribution < -0.4 is 4.90 Å². The minimum Gasteiger partial charge on any atom is -0.390 e. The molecule has 2 atom stereocenters. The lowest BCUT2D eigenvalue weighted by Crippen LogP contribution is -2.59. The van der Waals surface area contributed by atoms with Crippen LogP contribution >= 0.6 is 0 Å². The van der Waals surface area contributed by atoms with Gasteiger partial charge in [0.25, 0.3) is 0 Å². The van der Waals surface area contributed by atoms with Gasteiger partial charge in [-0.25, -0.2) is 0 Å². The molecule has 0 radical (unpaired) electrons. The third kappa shape index (κ3) is 3.61. The van der Waals surface area contributed by atoms with Crippen LogP contribution in [-0.4, -0.2) is 77.2 Å². The summed E-state index contributed by atoms with van der Waals surface area (Å²) in [6.07, 6.45) is -4.64. The zero-order chi connectivity index (χ0) is 19.9. The number of nitriles is 1. The highest BCUT2D eigenvalue weighted by molar-refractivity contribution is 5.92. The van der Waals surface area contributed by atoms with Gasteiger partial charge in [-0.1, -0.05) is 0 Å². The smallest absolute Gasteiger partial charge is 0.390 e. The summed E-state index contributed by atoms with van der Waals surface area (Å²) >= 11 is 0. The molecular formula is C18H18F3N5O2. The number of halogens is 3. The van der Waals surface area contributed by atoms with Gasteiger partial charge in [-0.05, 0) is 12.1 Å². The van der Waals surface area contributed by atoms with E-state index in [1.54, 1.807) is 17.0 Å². The summed E-state index contributed by atoms with van der Waals surface area (Å²) in [6, 6.07) is 5.19. The monoisotopic (exact) mass is 393 g/mol. The predicted molar refractivity (Wildman–Crippen MR) is 93.6 cm³/mol. The van der Waals surface area contributed by atoms with E-state index in [-0.39, 0.29) is 13.1 Å². The maximum absolute atomic E-state index is 13.5. The molecule has 2 saturated heterocycles. The van der Waals surface area contributed by atoms with Crippen LogP contribution in [0.1, 0.15) is 5.56 Å². The lowest BCUT2D eigenvalue weighted by molar-refractivity contribution is -0.238. The summed E-state index contributed by atoms with van der Waals surface area (Å²) < 4.78 is 45.7. The molecule has 0 bridgehead atoms. The van der Waals surface area contributed by atoms with Crippen molar-refractivity contribution in [2.24, 2.45) is 0 Å². The number of aliphatic hydroxyl groups excluding tert-OH is 1. The molecular weight excluding hydrogens is 375 g/mol. The molecule has 0 aliphatic carbocycles. The van der Waals surface area contributed by atoms with Crippen molar-refractivity contribution in [1.82, 2.24) is 14.9 Å². The molecule has 1 N–H and O–H groups in total. The Morgan fingerprint density at radius 3 is 2.50 bits per heavy atom. The van der Waals surface area contributed by atoms with E-state index in [4.69, 9.17) is 4.74 Å². The fraction of sp³-hybridized carbons (Fsp3) is 0.500. The van der Waals surface area contributed by atoms with Crippen molar-refractivity contribution >= 4 is 16.7 Å². The van der Waals surface area contributed by atoms with Gasteiger partial charge in [0.15, 0.2) is 6.10 Å². The molecule has 7 nitrogen and oxygen atoms in total. The summed E-state index contributed by atoms with van der Waals surface area (Å²) in [5.74, 6) is 0. The molecule has 0 spiro atoms. The Kier molecular flexibility index (Phi) is 4.82. The summed E-state index contributed by atoms with van der Waals surface area (Å²) in [5.41, 5.74) is 1.56. The lowest BCUT2D eigenvalue weighted by atomic mass is 10.1. The first kappa shape index (κ1) is 18.9. The number of benzene rings is 1. The molecule has 2 aromatic rings. The predicted octanol–water partition coefficient (Wildman–Crippen LogP) is 1.31. The van der Waals surface area contributed by atoms with E-state index in [0.29, 0.717) is 41.9 Å². The fourth-order valence-corrected chi connectivity index (χ4v) is 3.68. The number of ether oxygens (including phenoxy) is 1. The van der Waals surface area contributed by atoms with Crippen molar-refractivity contribution in [2.75, 3.05) is 37.6 Å². The highest BCUT2D eigenvalue weighted by atomic mass is 19.4. The average molecular weight is 393 g/mol. The van der Waals surface area contributed by atoms with E-state index in [0.717, 1.165) is 0 Å². The number of hydrogen-bond donors (Lipinski definition) is 1. The lowest BCUT2D eigenvalue weighted by Gasteiger charge is -2.44. The van der Waals surface area contributed by atoms with Crippen LogP contribution in [0.4, 0.5) is 18.9 Å². The van der Waals surface area contributed by atoms with Crippen LogP contribution in [0, 0.1) is 11.3 Å². The van der Waals surface area contributed by atoms with Gasteiger partial charge in [0, 0.05) is 38.6 Å². The number of aromatic nitrogens is 2. The molecule has 1 aromatic carbocycles. The molecule has 2 unspecified atom stereocenters. The van der Waals surface area contributed by atoms with E-state index >= 15 is 0 Å². The number of rotatable bonds is 3. The van der Waals surface area contributed by atoms with Crippen molar-refractivity contribution in [2.45, 2.75) is 24.5 Å². The standard InChI is InChI=1S/C18H18F3N5O2/c19-18(20,21)15-10-26(9-13(28-15)8-25-6-12(27)7-25)14-2-1-11(5-22)16-17(14)24-4-3-23-16/h1-4,12-13,15,27H,6-10H2. The third-order valence-electron chi connectivity index (χ3n) is 5.00. The molecule has 0 amide bonds. The van der Waals surface area contributed by atoms with Gasteiger partial charge in [-0.15, -0.1) is 0 Å². The number of fused-ring (bicyclic) bond motifs is 1. The molecule has 28 heavy (non-hydrogen) atoms. The van der Waals surface area contributed by atoms with Crippen molar-refractivity contribution in [3.05, 3.63) is 30.1 Å². The summed E-state index contributed by atoms with van der Waals surface area (Å²) in [6.45, 7) is 1.06. The van der Waals surface area contributed by atoms with Crippen LogP contribution in [-0.2, 0) is 4.74 Å². The molecule has 4 rings (SSSR count). The molecule has 3 heterocycles. The number of nitrogens with zero attached hydrogens (tertiary/aromatic N) is 5. The maximum atomic E-state index is 13.5. The van der Waals surface area contributed by atoms with E-state index in [9.17, 15) is 23.5 Å². The number of alkyl halides is 3. The molecule has 2 aliphatic rings. The van der Waals surface area contributed by atoms with Crippen molar-refractivity contribution in [3.63, 3.8) is 0 Å². The second-order valence-corrected chi connectivity index (χ2v) is 7.06. The number of hydrogen-bond acceptors (Lipinski definition) is 7. The minimum absolute atomic E-state index is 0.247. The zero-order valence-corrected chi connectivity index (χ0v) is 14.8. The number of β-amino-alcohol motifs (C(OH)–C–C–N with tert-alkyl or cyclic N) is 1. The Bertz CT molecular complexity index is 910. The van der Waals surface area contributed by atoms with E-state index in [1.807, 2.05) is 11.0 Å². The van der Waals surface area contributed by atoms with Crippen molar-refractivity contribution in [3.8, 4) is 6.07 Å². The summed E-state index contributed by atoms with van der Waals surface area (Å²) in [7, 11) is 0. The maximum Gasteiger partial charge on any atom is 0.416 e. The Morgan fingerprint density at radius 2 is 1.86 bits per heavy atom. The highest BCUT2D eigenvalue weighted by Gasteiger charge is 2.46. The van der Waals surface area contributed by atoms with Gasteiger partial charge in [-0.3, -0.25) is 14.9 Å². The first-order valence-electron chi connectivity index (χ1n) is 8.86. The van der Waals surface area contributed by atoms with E-state index in [2.05, 4.69) is 9.97 Å². The quantitative estimate of drug-likeness (QED) is 0.842. The van der Waals surface area contributed by atoms with E-state index in [1.165, 1.54) is 12.4 Å². The van der Waals surface area contributed by atoms with Gasteiger partial charge < -0.3 is 14.7 Å².